The standard InChI is InChI=1S/C15H11NO2S/c1-9-6-11(13(18)7-10(9)8-17)15-16-12-4-2-3-5-14(12)19-15/h2-8,18H,1H3. The lowest BCUT2D eigenvalue weighted by molar-refractivity contribution is 0.112. The highest BCUT2D eigenvalue weighted by Crippen LogP contribution is 2.36. The monoisotopic (exact) mass is 269 g/mol. The molecule has 19 heavy (non-hydrogen) atoms. The average Bonchev–Trinajstić information content (AvgIpc) is 2.84. The van der Waals surface area contributed by atoms with E-state index in [9.17, 15) is 9.90 Å². The maximum atomic E-state index is 10.8. The van der Waals surface area contributed by atoms with Gasteiger partial charge >= 0.3 is 0 Å². The lowest BCUT2D eigenvalue weighted by Gasteiger charge is -2.04. The van der Waals surface area contributed by atoms with Gasteiger partial charge in [-0.2, -0.15) is 0 Å². The summed E-state index contributed by atoms with van der Waals surface area (Å²) in [4.78, 5) is 15.4. The number of phenols is 1. The second-order valence-corrected chi connectivity index (χ2v) is 5.36. The zero-order chi connectivity index (χ0) is 13.4. The summed E-state index contributed by atoms with van der Waals surface area (Å²) in [5, 5.41) is 10.8. The van der Waals surface area contributed by atoms with Crippen LogP contribution in [0.15, 0.2) is 36.4 Å². The fraction of sp³-hybridized carbons (Fsp3) is 0.0667. The second-order valence-electron chi connectivity index (χ2n) is 4.33. The molecule has 0 spiro atoms. The molecule has 3 aromatic rings. The van der Waals surface area contributed by atoms with E-state index in [4.69, 9.17) is 0 Å². The van der Waals surface area contributed by atoms with E-state index in [0.717, 1.165) is 27.1 Å². The van der Waals surface area contributed by atoms with E-state index >= 15 is 0 Å². The van der Waals surface area contributed by atoms with Gasteiger partial charge in [-0.3, -0.25) is 4.79 Å². The van der Waals surface area contributed by atoms with E-state index < -0.39 is 0 Å². The summed E-state index contributed by atoms with van der Waals surface area (Å²) in [7, 11) is 0. The van der Waals surface area contributed by atoms with Crippen molar-refractivity contribution in [1.82, 2.24) is 4.98 Å². The predicted molar refractivity (Wildman–Crippen MR) is 76.8 cm³/mol. The first-order chi connectivity index (χ1) is 9.19. The van der Waals surface area contributed by atoms with Crippen LogP contribution in [0, 0.1) is 6.92 Å². The number of aromatic nitrogens is 1. The summed E-state index contributed by atoms with van der Waals surface area (Å²) >= 11 is 1.53. The molecule has 0 amide bonds. The molecule has 0 aliphatic rings. The van der Waals surface area contributed by atoms with Crippen molar-refractivity contribution in [2.75, 3.05) is 0 Å². The van der Waals surface area contributed by atoms with E-state index in [1.54, 1.807) is 6.07 Å². The van der Waals surface area contributed by atoms with Crippen molar-refractivity contribution in [3.63, 3.8) is 0 Å². The molecular weight excluding hydrogens is 258 g/mol. The first-order valence-electron chi connectivity index (χ1n) is 5.84. The predicted octanol–water partition coefficient (Wildman–Crippen LogP) is 3.79. The number of benzene rings is 2. The highest BCUT2D eigenvalue weighted by molar-refractivity contribution is 7.21. The minimum atomic E-state index is 0.0896. The van der Waals surface area contributed by atoms with Gasteiger partial charge in [0, 0.05) is 5.56 Å². The molecule has 0 saturated heterocycles. The fourth-order valence-electron chi connectivity index (χ4n) is 2.00. The third-order valence-electron chi connectivity index (χ3n) is 3.04. The van der Waals surface area contributed by atoms with Crippen LogP contribution in [0.5, 0.6) is 5.75 Å². The maximum Gasteiger partial charge on any atom is 0.150 e. The molecule has 0 bridgehead atoms. The molecule has 94 valence electrons. The van der Waals surface area contributed by atoms with Gasteiger partial charge in [-0.15, -0.1) is 11.3 Å². The first-order valence-corrected chi connectivity index (χ1v) is 6.65. The van der Waals surface area contributed by atoms with Crippen LogP contribution in [-0.2, 0) is 0 Å². The Morgan fingerprint density at radius 2 is 2.05 bits per heavy atom. The molecule has 2 aromatic carbocycles. The van der Waals surface area contributed by atoms with Crippen LogP contribution < -0.4 is 0 Å². The number of nitrogens with zero attached hydrogens (tertiary/aromatic N) is 1. The molecule has 1 aromatic heterocycles. The number of aldehydes is 1. The Labute approximate surface area is 114 Å². The second kappa shape index (κ2) is 4.48. The van der Waals surface area contributed by atoms with Gasteiger partial charge < -0.3 is 5.11 Å². The number of carbonyl (C=O) groups excluding carboxylic acids is 1. The molecule has 4 heteroatoms. The van der Waals surface area contributed by atoms with Gasteiger partial charge in [0.05, 0.1) is 15.8 Å². The smallest absolute Gasteiger partial charge is 0.150 e. The van der Waals surface area contributed by atoms with E-state index in [1.165, 1.54) is 17.4 Å². The van der Waals surface area contributed by atoms with Gasteiger partial charge in [0.25, 0.3) is 0 Å². The van der Waals surface area contributed by atoms with Crippen LogP contribution in [-0.4, -0.2) is 16.4 Å². The number of hydrogen-bond donors (Lipinski definition) is 1. The number of rotatable bonds is 2. The van der Waals surface area contributed by atoms with E-state index in [1.807, 2.05) is 31.2 Å². The molecule has 3 rings (SSSR count). The van der Waals surface area contributed by atoms with Gasteiger partial charge in [-0.25, -0.2) is 4.98 Å². The Morgan fingerprint density at radius 3 is 2.79 bits per heavy atom. The van der Waals surface area contributed by atoms with Crippen molar-refractivity contribution in [3.05, 3.63) is 47.5 Å². The normalized spacial score (nSPS) is 10.8. The zero-order valence-corrected chi connectivity index (χ0v) is 11.1. The Bertz CT molecular complexity index is 744. The number of hydrogen-bond acceptors (Lipinski definition) is 4. The molecule has 1 N–H and O–H groups in total. The van der Waals surface area contributed by atoms with Gasteiger partial charge in [-0.05, 0) is 36.8 Å². The number of phenolic OH excluding ortho intramolecular Hbond substituents is 1. The molecule has 0 aliphatic carbocycles. The molecule has 3 nitrogen and oxygen atoms in total. The van der Waals surface area contributed by atoms with Crippen molar-refractivity contribution in [2.24, 2.45) is 0 Å². The molecule has 0 unspecified atom stereocenters. The van der Waals surface area contributed by atoms with Crippen LogP contribution in [0.2, 0.25) is 0 Å². The molecule has 1 heterocycles. The summed E-state index contributed by atoms with van der Waals surface area (Å²) in [6.07, 6.45) is 0.747. The van der Waals surface area contributed by atoms with E-state index in [2.05, 4.69) is 4.98 Å². The molecule has 0 atom stereocenters. The van der Waals surface area contributed by atoms with E-state index in [-0.39, 0.29) is 5.75 Å². The van der Waals surface area contributed by atoms with Crippen molar-refractivity contribution in [1.29, 1.82) is 0 Å². The molecule has 0 aliphatic heterocycles. The lowest BCUT2D eigenvalue weighted by atomic mass is 10.1. The number of para-hydroxylation sites is 1. The SMILES string of the molecule is Cc1cc(-c2nc3ccccc3s2)c(O)cc1C=O. The molecule has 0 fully saturated rings. The topological polar surface area (TPSA) is 50.2 Å². The maximum absolute atomic E-state index is 10.8. The third-order valence-corrected chi connectivity index (χ3v) is 4.11. The molecular formula is C15H11NO2S. The highest BCUT2D eigenvalue weighted by atomic mass is 32.1. The van der Waals surface area contributed by atoms with Crippen LogP contribution in [0.1, 0.15) is 15.9 Å². The third kappa shape index (κ3) is 2.00. The minimum absolute atomic E-state index is 0.0896. The number of aromatic hydroxyl groups is 1. The summed E-state index contributed by atoms with van der Waals surface area (Å²) in [6.45, 7) is 1.85. The van der Waals surface area contributed by atoms with Crippen LogP contribution >= 0.6 is 11.3 Å². The van der Waals surface area contributed by atoms with Gasteiger partial charge in [0.2, 0.25) is 0 Å². The van der Waals surface area contributed by atoms with Gasteiger partial charge in [0.15, 0.2) is 0 Å². The Morgan fingerprint density at radius 1 is 1.26 bits per heavy atom. The van der Waals surface area contributed by atoms with Crippen LogP contribution in [0.4, 0.5) is 0 Å². The van der Waals surface area contributed by atoms with Gasteiger partial charge in [-0.1, -0.05) is 12.1 Å². The average molecular weight is 269 g/mol. The lowest BCUT2D eigenvalue weighted by Crippen LogP contribution is -1.88. The minimum Gasteiger partial charge on any atom is -0.507 e. The number of thiazole rings is 1. The van der Waals surface area contributed by atoms with Crippen molar-refractivity contribution in [2.45, 2.75) is 6.92 Å². The summed E-state index contributed by atoms with van der Waals surface area (Å²) in [5.74, 6) is 0.0896. The summed E-state index contributed by atoms with van der Waals surface area (Å²) in [6, 6.07) is 11.1. The number of carbonyl (C=O) groups is 1. The first kappa shape index (κ1) is 11.9. The Hall–Kier alpha value is -2.20. The highest BCUT2D eigenvalue weighted by Gasteiger charge is 2.12. The largest absolute Gasteiger partial charge is 0.507 e. The van der Waals surface area contributed by atoms with E-state index in [0.29, 0.717) is 11.1 Å². The molecule has 0 radical (unpaired) electrons. The van der Waals surface area contributed by atoms with Crippen LogP contribution in [0.3, 0.4) is 0 Å². The number of fused-ring (bicyclic) bond motifs is 1. The number of aryl methyl sites for hydroxylation is 1. The summed E-state index contributed by atoms with van der Waals surface area (Å²) in [5.41, 5.74) is 2.92. The van der Waals surface area contributed by atoms with Crippen LogP contribution in [0.25, 0.3) is 20.8 Å². The summed E-state index contributed by atoms with van der Waals surface area (Å²) < 4.78 is 1.08. The quantitative estimate of drug-likeness (QED) is 0.720. The van der Waals surface area contributed by atoms with Gasteiger partial charge in [0.1, 0.15) is 17.0 Å². The Balaban J connectivity index is 2.21. The molecule has 0 saturated carbocycles. The zero-order valence-electron chi connectivity index (χ0n) is 10.3. The van der Waals surface area contributed by atoms with Crippen molar-refractivity contribution < 1.29 is 9.90 Å². The van der Waals surface area contributed by atoms with Crippen molar-refractivity contribution >= 4 is 27.8 Å². The fourth-order valence-corrected chi connectivity index (χ4v) is 2.99. The van der Waals surface area contributed by atoms with Crippen molar-refractivity contribution in [3.8, 4) is 16.3 Å². The Kier molecular flexibility index (Phi) is 2.80.